The average Bonchev–Trinajstić information content (AvgIpc) is 2.64. The molecule has 0 spiro atoms. The van der Waals surface area contributed by atoms with Crippen LogP contribution in [0.2, 0.25) is 0 Å². The van der Waals surface area contributed by atoms with Gasteiger partial charge in [-0.1, -0.05) is 30.7 Å². The lowest BCUT2D eigenvalue weighted by atomic mass is 10.1. The van der Waals surface area contributed by atoms with E-state index in [1.54, 1.807) is 18.2 Å². The smallest absolute Gasteiger partial charge is 0.255 e. The van der Waals surface area contributed by atoms with Crippen LogP contribution in [0.15, 0.2) is 42.5 Å². The number of amides is 2. The van der Waals surface area contributed by atoms with Gasteiger partial charge in [0.15, 0.2) is 0 Å². The first kappa shape index (κ1) is 21.6. The van der Waals surface area contributed by atoms with Crippen molar-refractivity contribution in [2.24, 2.45) is 5.92 Å². The SMILES string of the molecule is Cc1ccc(C(=O)Nc2cc(NC(=O)C(C)CN(C)C(C)C)ccc2C)cc1. The van der Waals surface area contributed by atoms with Gasteiger partial charge in [0.25, 0.3) is 5.91 Å². The van der Waals surface area contributed by atoms with Crippen LogP contribution in [-0.4, -0.2) is 36.3 Å². The number of carbonyl (C=O) groups is 2. The molecule has 0 saturated carbocycles. The molecule has 0 heterocycles. The molecule has 2 aromatic rings. The van der Waals surface area contributed by atoms with Crippen molar-refractivity contribution in [3.8, 4) is 0 Å². The fourth-order valence-electron chi connectivity index (χ4n) is 2.73. The normalized spacial score (nSPS) is 12.1. The van der Waals surface area contributed by atoms with Crippen LogP contribution < -0.4 is 10.6 Å². The Bertz CT molecular complexity index is 828. The molecule has 0 radical (unpaired) electrons. The molecule has 0 bridgehead atoms. The minimum Gasteiger partial charge on any atom is -0.326 e. The number of hydrogen-bond donors (Lipinski definition) is 2. The van der Waals surface area contributed by atoms with Crippen LogP contribution in [0.25, 0.3) is 0 Å². The number of aryl methyl sites for hydroxylation is 2. The number of rotatable bonds is 7. The molecular weight excluding hydrogens is 350 g/mol. The van der Waals surface area contributed by atoms with E-state index in [4.69, 9.17) is 0 Å². The minimum absolute atomic E-state index is 0.0350. The summed E-state index contributed by atoms with van der Waals surface area (Å²) in [6.07, 6.45) is 0. The van der Waals surface area contributed by atoms with Crippen LogP contribution in [0.1, 0.15) is 42.3 Å². The van der Waals surface area contributed by atoms with Gasteiger partial charge >= 0.3 is 0 Å². The molecule has 2 N–H and O–H groups in total. The van der Waals surface area contributed by atoms with Gasteiger partial charge in [-0.05, 0) is 64.6 Å². The molecule has 5 heteroatoms. The van der Waals surface area contributed by atoms with Crippen molar-refractivity contribution in [3.63, 3.8) is 0 Å². The molecule has 0 aliphatic carbocycles. The van der Waals surface area contributed by atoms with Crippen LogP contribution in [0.4, 0.5) is 11.4 Å². The molecule has 0 aliphatic heterocycles. The van der Waals surface area contributed by atoms with Crippen LogP contribution >= 0.6 is 0 Å². The van der Waals surface area contributed by atoms with E-state index in [0.717, 1.165) is 11.1 Å². The maximum atomic E-state index is 12.5. The van der Waals surface area contributed by atoms with Crippen molar-refractivity contribution >= 4 is 23.2 Å². The second-order valence-electron chi connectivity index (χ2n) is 7.77. The molecule has 2 rings (SSSR count). The van der Waals surface area contributed by atoms with E-state index in [2.05, 4.69) is 29.4 Å². The maximum Gasteiger partial charge on any atom is 0.255 e. The van der Waals surface area contributed by atoms with Gasteiger partial charge in [-0.2, -0.15) is 0 Å². The number of benzene rings is 2. The van der Waals surface area contributed by atoms with Crippen molar-refractivity contribution in [3.05, 3.63) is 59.2 Å². The Labute approximate surface area is 168 Å². The van der Waals surface area contributed by atoms with Crippen LogP contribution in [0, 0.1) is 19.8 Å². The third kappa shape index (κ3) is 5.92. The van der Waals surface area contributed by atoms with Crippen LogP contribution in [0.3, 0.4) is 0 Å². The first-order chi connectivity index (χ1) is 13.2. The zero-order chi connectivity index (χ0) is 20.8. The number of nitrogens with zero attached hydrogens (tertiary/aromatic N) is 1. The Balaban J connectivity index is 2.07. The van der Waals surface area contributed by atoms with Crippen LogP contribution in [-0.2, 0) is 4.79 Å². The minimum atomic E-state index is -0.168. The molecule has 0 aromatic heterocycles. The first-order valence-corrected chi connectivity index (χ1v) is 9.67. The summed E-state index contributed by atoms with van der Waals surface area (Å²) in [4.78, 5) is 27.2. The van der Waals surface area contributed by atoms with E-state index in [0.29, 0.717) is 29.5 Å². The molecule has 2 aromatic carbocycles. The Morgan fingerprint density at radius 2 is 1.61 bits per heavy atom. The fraction of sp³-hybridized carbons (Fsp3) is 0.391. The summed E-state index contributed by atoms with van der Waals surface area (Å²) in [6.45, 7) is 10.7. The lowest BCUT2D eigenvalue weighted by Gasteiger charge is -2.24. The molecule has 2 amide bonds. The molecule has 0 aliphatic rings. The molecule has 0 saturated heterocycles. The number of hydrogen-bond acceptors (Lipinski definition) is 3. The number of nitrogens with one attached hydrogen (secondary N) is 2. The Morgan fingerprint density at radius 3 is 2.21 bits per heavy atom. The molecule has 28 heavy (non-hydrogen) atoms. The lowest BCUT2D eigenvalue weighted by Crippen LogP contribution is -2.35. The number of carbonyl (C=O) groups excluding carboxylic acids is 2. The van der Waals surface area contributed by atoms with Gasteiger partial charge in [0.05, 0.1) is 0 Å². The zero-order valence-corrected chi connectivity index (χ0v) is 17.7. The first-order valence-electron chi connectivity index (χ1n) is 9.67. The second kappa shape index (κ2) is 9.51. The highest BCUT2D eigenvalue weighted by Crippen LogP contribution is 2.22. The predicted molar refractivity (Wildman–Crippen MR) is 116 cm³/mol. The van der Waals surface area contributed by atoms with Gasteiger partial charge < -0.3 is 15.5 Å². The summed E-state index contributed by atoms with van der Waals surface area (Å²) < 4.78 is 0. The van der Waals surface area contributed by atoms with E-state index in [-0.39, 0.29) is 17.7 Å². The van der Waals surface area contributed by atoms with Crippen molar-refractivity contribution in [1.82, 2.24) is 4.90 Å². The van der Waals surface area contributed by atoms with E-state index >= 15 is 0 Å². The molecule has 150 valence electrons. The second-order valence-corrected chi connectivity index (χ2v) is 7.77. The Morgan fingerprint density at radius 1 is 0.964 bits per heavy atom. The van der Waals surface area contributed by atoms with Gasteiger partial charge in [0, 0.05) is 35.4 Å². The summed E-state index contributed by atoms with van der Waals surface area (Å²) in [5, 5.41) is 5.89. The molecule has 1 atom stereocenters. The van der Waals surface area contributed by atoms with E-state index in [1.807, 2.05) is 52.1 Å². The van der Waals surface area contributed by atoms with Gasteiger partial charge in [0.2, 0.25) is 5.91 Å². The third-order valence-corrected chi connectivity index (χ3v) is 4.96. The van der Waals surface area contributed by atoms with Crippen molar-refractivity contribution in [2.45, 2.75) is 40.7 Å². The standard InChI is InChI=1S/C23H31N3O2/c1-15(2)26(6)14-18(5)22(27)24-20-12-9-17(4)21(13-20)25-23(28)19-10-7-16(3)8-11-19/h7-13,15,18H,14H2,1-6H3,(H,24,27)(H,25,28). The van der Waals surface area contributed by atoms with Crippen LogP contribution in [0.5, 0.6) is 0 Å². The number of anilines is 2. The van der Waals surface area contributed by atoms with E-state index < -0.39 is 0 Å². The van der Waals surface area contributed by atoms with Gasteiger partial charge in [-0.15, -0.1) is 0 Å². The summed E-state index contributed by atoms with van der Waals surface area (Å²) in [6, 6.07) is 13.4. The summed E-state index contributed by atoms with van der Waals surface area (Å²) in [5.74, 6) is -0.343. The molecule has 5 nitrogen and oxygen atoms in total. The van der Waals surface area contributed by atoms with Crippen molar-refractivity contribution in [1.29, 1.82) is 0 Å². The Hall–Kier alpha value is -2.66. The third-order valence-electron chi connectivity index (χ3n) is 4.96. The summed E-state index contributed by atoms with van der Waals surface area (Å²) in [5.41, 5.74) is 4.01. The highest BCUT2D eigenvalue weighted by molar-refractivity contribution is 6.05. The Kier molecular flexibility index (Phi) is 7.35. The van der Waals surface area contributed by atoms with E-state index in [9.17, 15) is 9.59 Å². The monoisotopic (exact) mass is 381 g/mol. The topological polar surface area (TPSA) is 61.4 Å². The quantitative estimate of drug-likeness (QED) is 0.744. The van der Waals surface area contributed by atoms with Gasteiger partial charge in [-0.25, -0.2) is 0 Å². The van der Waals surface area contributed by atoms with Crippen molar-refractivity contribution < 1.29 is 9.59 Å². The average molecular weight is 382 g/mol. The molecular formula is C23H31N3O2. The van der Waals surface area contributed by atoms with Gasteiger partial charge in [0.1, 0.15) is 0 Å². The summed E-state index contributed by atoms with van der Waals surface area (Å²) in [7, 11) is 2.01. The maximum absolute atomic E-state index is 12.5. The predicted octanol–water partition coefficient (Wildman–Crippen LogP) is 4.47. The summed E-state index contributed by atoms with van der Waals surface area (Å²) >= 11 is 0. The van der Waals surface area contributed by atoms with Gasteiger partial charge in [-0.3, -0.25) is 9.59 Å². The largest absolute Gasteiger partial charge is 0.326 e. The zero-order valence-electron chi connectivity index (χ0n) is 17.7. The van der Waals surface area contributed by atoms with E-state index in [1.165, 1.54) is 0 Å². The fourth-order valence-corrected chi connectivity index (χ4v) is 2.73. The molecule has 1 unspecified atom stereocenters. The lowest BCUT2D eigenvalue weighted by molar-refractivity contribution is -0.120. The highest BCUT2D eigenvalue weighted by Gasteiger charge is 2.17. The van der Waals surface area contributed by atoms with Crippen molar-refractivity contribution in [2.75, 3.05) is 24.2 Å². The molecule has 0 fully saturated rings. The highest BCUT2D eigenvalue weighted by atomic mass is 16.2.